The third-order valence-electron chi connectivity index (χ3n) is 16.9. The summed E-state index contributed by atoms with van der Waals surface area (Å²) in [6.07, 6.45) is 0. The number of rotatable bonds is 7. The molecule has 0 fully saturated rings. The highest BCUT2D eigenvalue weighted by molar-refractivity contribution is 7.25. The average molecular weight is 997 g/mol. The fourth-order valence-corrected chi connectivity index (χ4v) is 14.9. The maximum absolute atomic E-state index is 2.53. The van der Waals surface area contributed by atoms with Crippen LogP contribution in [0.4, 0.5) is 34.1 Å². The number of benzene rings is 12. The van der Waals surface area contributed by atoms with E-state index in [0.717, 1.165) is 22.7 Å². The molecule has 0 saturated heterocycles. The quantitative estimate of drug-likeness (QED) is 0.157. The number of nitrogens with zero attached hydrogens (tertiary/aromatic N) is 2. The van der Waals surface area contributed by atoms with Crippen LogP contribution in [0, 0.1) is 0 Å². The Kier molecular flexibility index (Phi) is 9.67. The van der Waals surface area contributed by atoms with Crippen molar-refractivity contribution in [2.24, 2.45) is 0 Å². The first-order valence-corrected chi connectivity index (χ1v) is 27.5. The molecule has 2 nitrogen and oxygen atoms in total. The van der Waals surface area contributed by atoms with Crippen molar-refractivity contribution in [3.05, 3.63) is 336 Å². The second-order valence-electron chi connectivity index (χ2n) is 20.7. The Morgan fingerprint density at radius 1 is 0.286 bits per heavy atom. The number of para-hydroxylation sites is 3. The van der Waals surface area contributed by atoms with Crippen molar-refractivity contribution >= 4 is 65.6 Å². The molecule has 0 N–H and O–H groups in total. The van der Waals surface area contributed by atoms with Crippen LogP contribution in [0.25, 0.3) is 53.6 Å². The van der Waals surface area contributed by atoms with Crippen molar-refractivity contribution in [1.82, 2.24) is 0 Å². The Morgan fingerprint density at radius 3 is 1.39 bits per heavy atom. The predicted octanol–water partition coefficient (Wildman–Crippen LogP) is 19.7. The highest BCUT2D eigenvalue weighted by Gasteiger charge is 2.52. The standard InChI is InChI=1S/C74H48N2S/c1-4-22-51(23-5-1)73(52-24-6-2-7-25-52)63-32-13-10-29-57(63)59-42-40-55(47-67(59)73)75(54-28-20-21-49(45-54)50-39-44-72-62(46-50)61-31-12-19-38-71(61)77-72)56-41-43-60-58-30-11-14-33-64(58)74(68(60)48-56)65-34-15-17-36-69(65)76(53-26-8-3-9-27-53)70-37-18-16-35-66(70)74/h1-48H. The van der Waals surface area contributed by atoms with Crippen LogP contribution in [-0.2, 0) is 10.8 Å². The Morgan fingerprint density at radius 2 is 0.753 bits per heavy atom. The Bertz CT molecular complexity index is 4390. The predicted molar refractivity (Wildman–Crippen MR) is 322 cm³/mol. The topological polar surface area (TPSA) is 6.48 Å². The lowest BCUT2D eigenvalue weighted by Crippen LogP contribution is -2.36. The molecule has 0 radical (unpaired) electrons. The van der Waals surface area contributed by atoms with Gasteiger partial charge in [0, 0.05) is 42.9 Å². The van der Waals surface area contributed by atoms with Crippen molar-refractivity contribution < 1.29 is 0 Å². The molecule has 0 saturated carbocycles. The van der Waals surface area contributed by atoms with Crippen LogP contribution in [-0.4, -0.2) is 0 Å². The van der Waals surface area contributed by atoms with Crippen molar-refractivity contribution in [3.63, 3.8) is 0 Å². The van der Waals surface area contributed by atoms with Gasteiger partial charge in [0.05, 0.1) is 22.2 Å². The smallest absolute Gasteiger partial charge is 0.0755 e. The van der Waals surface area contributed by atoms with Crippen LogP contribution in [0.3, 0.4) is 0 Å². The van der Waals surface area contributed by atoms with Crippen LogP contribution in [0.1, 0.15) is 44.5 Å². The molecule has 3 aliphatic rings. The summed E-state index contributed by atoms with van der Waals surface area (Å²) in [6.45, 7) is 0. The SMILES string of the molecule is c1ccc(N2c3ccccc3C3(c4ccccc4-c4ccc(N(c5cccc(-c6ccc7sc8ccccc8c7c6)c5)c5ccc6c(c5)C(c5ccccc5)(c5ccccc5)c5ccccc5-6)cc43)c3ccccc32)cc1. The van der Waals surface area contributed by atoms with Gasteiger partial charge in [-0.05, 0) is 157 Å². The first-order valence-electron chi connectivity index (χ1n) is 26.7. The van der Waals surface area contributed by atoms with E-state index in [1.165, 1.54) is 109 Å². The first kappa shape index (κ1) is 43.8. The summed E-state index contributed by atoms with van der Waals surface area (Å²) in [6, 6.07) is 109. The van der Waals surface area contributed by atoms with Gasteiger partial charge in [-0.25, -0.2) is 0 Å². The van der Waals surface area contributed by atoms with E-state index in [1.807, 2.05) is 11.3 Å². The summed E-state index contributed by atoms with van der Waals surface area (Å²) in [5, 5.41) is 2.60. The molecule has 3 heteroatoms. The number of hydrogen-bond acceptors (Lipinski definition) is 3. The number of thiophene rings is 1. The van der Waals surface area contributed by atoms with Gasteiger partial charge in [-0.1, -0.05) is 212 Å². The Labute approximate surface area is 452 Å². The molecule has 1 aromatic heterocycles. The van der Waals surface area contributed by atoms with Crippen molar-refractivity contribution in [2.75, 3.05) is 9.80 Å². The zero-order valence-corrected chi connectivity index (χ0v) is 42.8. The van der Waals surface area contributed by atoms with E-state index in [9.17, 15) is 0 Å². The van der Waals surface area contributed by atoms with Gasteiger partial charge >= 0.3 is 0 Å². The molecule has 360 valence electrons. The van der Waals surface area contributed by atoms with Crippen LogP contribution < -0.4 is 9.80 Å². The zero-order valence-electron chi connectivity index (χ0n) is 42.0. The monoisotopic (exact) mass is 996 g/mol. The second kappa shape index (κ2) is 17.0. The van der Waals surface area contributed by atoms with Gasteiger partial charge in [0.15, 0.2) is 0 Å². The van der Waals surface area contributed by atoms with Gasteiger partial charge in [0.2, 0.25) is 0 Å². The van der Waals surface area contributed by atoms with E-state index >= 15 is 0 Å². The fraction of sp³-hybridized carbons (Fsp3) is 0.0270. The second-order valence-corrected chi connectivity index (χ2v) is 21.8. The highest BCUT2D eigenvalue weighted by atomic mass is 32.1. The normalized spacial score (nSPS) is 13.9. The molecule has 12 aromatic carbocycles. The van der Waals surface area contributed by atoms with Gasteiger partial charge in [-0.2, -0.15) is 0 Å². The minimum atomic E-state index is -0.623. The molecular weight excluding hydrogens is 949 g/mol. The number of hydrogen-bond donors (Lipinski definition) is 0. The molecule has 0 amide bonds. The minimum Gasteiger partial charge on any atom is -0.310 e. The lowest BCUT2D eigenvalue weighted by molar-refractivity contribution is 0.752. The molecule has 1 spiro atoms. The maximum atomic E-state index is 2.53. The lowest BCUT2D eigenvalue weighted by Gasteiger charge is -2.45. The molecule has 77 heavy (non-hydrogen) atoms. The summed E-state index contributed by atoms with van der Waals surface area (Å²) in [5.41, 5.74) is 23.1. The summed E-state index contributed by atoms with van der Waals surface area (Å²) in [4.78, 5) is 4.99. The number of fused-ring (bicyclic) bond motifs is 15. The van der Waals surface area contributed by atoms with Crippen molar-refractivity contribution in [1.29, 1.82) is 0 Å². The molecular formula is C74H48N2S. The molecule has 16 rings (SSSR count). The molecule has 2 aliphatic carbocycles. The van der Waals surface area contributed by atoms with Gasteiger partial charge in [-0.15, -0.1) is 11.3 Å². The summed E-state index contributed by atoms with van der Waals surface area (Å²) < 4.78 is 2.62. The van der Waals surface area contributed by atoms with Gasteiger partial charge < -0.3 is 9.80 Å². The van der Waals surface area contributed by atoms with Gasteiger partial charge in [0.25, 0.3) is 0 Å². The van der Waals surface area contributed by atoms with E-state index in [0.29, 0.717) is 0 Å². The molecule has 0 atom stereocenters. The van der Waals surface area contributed by atoms with E-state index < -0.39 is 10.8 Å². The zero-order chi connectivity index (χ0) is 50.7. The Balaban J connectivity index is 0.963. The van der Waals surface area contributed by atoms with Crippen LogP contribution in [0.5, 0.6) is 0 Å². The van der Waals surface area contributed by atoms with Gasteiger partial charge in [0.1, 0.15) is 0 Å². The van der Waals surface area contributed by atoms with Crippen molar-refractivity contribution in [3.8, 4) is 33.4 Å². The van der Waals surface area contributed by atoms with E-state index in [1.54, 1.807) is 0 Å². The van der Waals surface area contributed by atoms with E-state index in [4.69, 9.17) is 0 Å². The van der Waals surface area contributed by atoms with Crippen LogP contribution >= 0.6 is 11.3 Å². The molecule has 2 heterocycles. The first-order chi connectivity index (χ1) is 38.2. The maximum Gasteiger partial charge on any atom is 0.0755 e. The molecule has 0 bridgehead atoms. The minimum absolute atomic E-state index is 0.569. The van der Waals surface area contributed by atoms with Crippen LogP contribution in [0.15, 0.2) is 291 Å². The van der Waals surface area contributed by atoms with Gasteiger partial charge in [-0.3, -0.25) is 0 Å². The molecule has 13 aromatic rings. The molecule has 0 unspecified atom stereocenters. The summed E-state index contributed by atoms with van der Waals surface area (Å²) in [5.74, 6) is 0. The highest BCUT2D eigenvalue weighted by Crippen LogP contribution is 2.64. The summed E-state index contributed by atoms with van der Waals surface area (Å²) >= 11 is 1.86. The molecule has 1 aliphatic heterocycles. The van der Waals surface area contributed by atoms with E-state index in [-0.39, 0.29) is 0 Å². The Hall–Kier alpha value is -9.54. The van der Waals surface area contributed by atoms with Crippen molar-refractivity contribution in [2.45, 2.75) is 10.8 Å². The fourth-order valence-electron chi connectivity index (χ4n) is 13.8. The summed E-state index contributed by atoms with van der Waals surface area (Å²) in [7, 11) is 0. The van der Waals surface area contributed by atoms with E-state index in [2.05, 4.69) is 301 Å². The largest absolute Gasteiger partial charge is 0.310 e. The van der Waals surface area contributed by atoms with Crippen LogP contribution in [0.2, 0.25) is 0 Å². The average Bonchev–Trinajstić information content (AvgIpc) is 4.36. The lowest BCUT2D eigenvalue weighted by atomic mass is 9.64. The number of anilines is 6. The third kappa shape index (κ3) is 6.23. The third-order valence-corrected chi connectivity index (χ3v) is 18.1.